The molecule has 4 heteroatoms. The zero-order valence-corrected chi connectivity index (χ0v) is 12.6. The van der Waals surface area contributed by atoms with Gasteiger partial charge in [0.15, 0.2) is 0 Å². The Balaban J connectivity index is 2.35. The number of amides is 1. The number of hydrogen-bond acceptors (Lipinski definition) is 3. The molecule has 1 atom stereocenters. The van der Waals surface area contributed by atoms with Gasteiger partial charge in [-0.05, 0) is 39.1 Å². The van der Waals surface area contributed by atoms with Crippen molar-refractivity contribution in [3.8, 4) is 0 Å². The first kappa shape index (κ1) is 15.2. The number of aryl methyl sites for hydroxylation is 1. The van der Waals surface area contributed by atoms with Crippen LogP contribution in [-0.2, 0) is 11.2 Å². The van der Waals surface area contributed by atoms with Crippen molar-refractivity contribution in [2.75, 3.05) is 19.6 Å². The summed E-state index contributed by atoms with van der Waals surface area (Å²) in [6.07, 6.45) is 0.919. The second-order valence-electron chi connectivity index (χ2n) is 4.65. The van der Waals surface area contributed by atoms with E-state index in [0.717, 1.165) is 19.5 Å². The Bertz CT molecular complexity index is 372. The SMILES string of the molecule is CCN(CC)CC(=O)N[C@@H](C)Cc1ccc(C)s1. The van der Waals surface area contributed by atoms with E-state index in [9.17, 15) is 4.79 Å². The third-order valence-corrected chi connectivity index (χ3v) is 4.00. The number of carbonyl (C=O) groups excluding carboxylic acids is 1. The highest BCUT2D eigenvalue weighted by Crippen LogP contribution is 2.16. The Morgan fingerprint density at radius 3 is 2.56 bits per heavy atom. The first-order valence-electron chi connectivity index (χ1n) is 6.62. The minimum Gasteiger partial charge on any atom is -0.352 e. The third-order valence-electron chi connectivity index (χ3n) is 2.97. The van der Waals surface area contributed by atoms with Gasteiger partial charge in [0.2, 0.25) is 5.91 Å². The number of hydrogen-bond donors (Lipinski definition) is 1. The summed E-state index contributed by atoms with van der Waals surface area (Å²) in [6, 6.07) is 4.48. The number of rotatable bonds is 7. The van der Waals surface area contributed by atoms with E-state index in [0.29, 0.717) is 6.54 Å². The highest BCUT2D eigenvalue weighted by molar-refractivity contribution is 7.11. The molecule has 1 rings (SSSR count). The summed E-state index contributed by atoms with van der Waals surface area (Å²) >= 11 is 1.80. The highest BCUT2D eigenvalue weighted by atomic mass is 32.1. The maximum Gasteiger partial charge on any atom is 0.234 e. The van der Waals surface area contributed by atoms with E-state index < -0.39 is 0 Å². The van der Waals surface area contributed by atoms with Gasteiger partial charge in [-0.2, -0.15) is 0 Å². The monoisotopic (exact) mass is 268 g/mol. The molecule has 0 aliphatic rings. The van der Waals surface area contributed by atoms with Crippen molar-refractivity contribution >= 4 is 17.2 Å². The molecule has 102 valence electrons. The van der Waals surface area contributed by atoms with Crippen molar-refractivity contribution in [3.63, 3.8) is 0 Å². The molecule has 0 aliphatic carbocycles. The van der Waals surface area contributed by atoms with Gasteiger partial charge in [-0.3, -0.25) is 9.69 Å². The maximum atomic E-state index is 11.8. The molecule has 1 N–H and O–H groups in total. The smallest absolute Gasteiger partial charge is 0.234 e. The molecule has 0 radical (unpaired) electrons. The van der Waals surface area contributed by atoms with Gasteiger partial charge < -0.3 is 5.32 Å². The molecule has 0 aromatic carbocycles. The van der Waals surface area contributed by atoms with Gasteiger partial charge in [0.1, 0.15) is 0 Å². The molecule has 0 aliphatic heterocycles. The second-order valence-corrected chi connectivity index (χ2v) is 6.02. The molecule has 0 saturated heterocycles. The largest absolute Gasteiger partial charge is 0.352 e. The van der Waals surface area contributed by atoms with E-state index in [2.05, 4.69) is 50.0 Å². The molecule has 0 saturated carbocycles. The van der Waals surface area contributed by atoms with Crippen molar-refractivity contribution in [2.45, 2.75) is 40.2 Å². The van der Waals surface area contributed by atoms with Crippen LogP contribution in [-0.4, -0.2) is 36.5 Å². The summed E-state index contributed by atoms with van der Waals surface area (Å²) in [4.78, 5) is 16.6. The van der Waals surface area contributed by atoms with Crippen molar-refractivity contribution < 1.29 is 4.79 Å². The van der Waals surface area contributed by atoms with Gasteiger partial charge in [0.05, 0.1) is 6.54 Å². The predicted octanol–water partition coefficient (Wildman–Crippen LogP) is 2.45. The first-order chi connectivity index (χ1) is 8.55. The van der Waals surface area contributed by atoms with E-state index in [1.54, 1.807) is 11.3 Å². The summed E-state index contributed by atoms with van der Waals surface area (Å²) in [5.74, 6) is 0.125. The molecular weight excluding hydrogens is 244 g/mol. The van der Waals surface area contributed by atoms with Crippen molar-refractivity contribution in [1.82, 2.24) is 10.2 Å². The molecule has 1 heterocycles. The Kier molecular flexibility index (Phi) is 6.36. The minimum absolute atomic E-state index is 0.125. The zero-order valence-electron chi connectivity index (χ0n) is 11.8. The first-order valence-corrected chi connectivity index (χ1v) is 7.43. The lowest BCUT2D eigenvalue weighted by molar-refractivity contribution is -0.122. The number of carbonyl (C=O) groups is 1. The number of likely N-dealkylation sites (N-methyl/N-ethyl adjacent to an activating group) is 1. The van der Waals surface area contributed by atoms with Gasteiger partial charge in [-0.25, -0.2) is 0 Å². The van der Waals surface area contributed by atoms with Crippen LogP contribution in [0.2, 0.25) is 0 Å². The number of nitrogens with one attached hydrogen (secondary N) is 1. The van der Waals surface area contributed by atoms with Crippen LogP contribution < -0.4 is 5.32 Å². The summed E-state index contributed by atoms with van der Waals surface area (Å²) < 4.78 is 0. The second kappa shape index (κ2) is 7.54. The quantitative estimate of drug-likeness (QED) is 0.824. The van der Waals surface area contributed by atoms with Crippen LogP contribution >= 0.6 is 11.3 Å². The fraction of sp³-hybridized carbons (Fsp3) is 0.643. The minimum atomic E-state index is 0.125. The molecule has 1 aromatic heterocycles. The lowest BCUT2D eigenvalue weighted by atomic mass is 10.2. The van der Waals surface area contributed by atoms with Crippen LogP contribution in [0.15, 0.2) is 12.1 Å². The summed E-state index contributed by atoms with van der Waals surface area (Å²) in [5.41, 5.74) is 0. The van der Waals surface area contributed by atoms with E-state index in [1.807, 2.05) is 0 Å². The van der Waals surface area contributed by atoms with Crippen LogP contribution in [0.5, 0.6) is 0 Å². The van der Waals surface area contributed by atoms with Crippen LogP contribution in [0.4, 0.5) is 0 Å². The Labute approximate surface area is 114 Å². The normalized spacial score (nSPS) is 12.7. The van der Waals surface area contributed by atoms with Gasteiger partial charge in [-0.1, -0.05) is 13.8 Å². The molecule has 18 heavy (non-hydrogen) atoms. The molecule has 1 aromatic rings. The molecule has 0 spiro atoms. The summed E-state index contributed by atoms with van der Waals surface area (Å²) in [7, 11) is 0. The predicted molar refractivity (Wildman–Crippen MR) is 78.2 cm³/mol. The molecule has 0 bridgehead atoms. The van der Waals surface area contributed by atoms with Crippen molar-refractivity contribution in [3.05, 3.63) is 21.9 Å². The van der Waals surface area contributed by atoms with E-state index in [1.165, 1.54) is 9.75 Å². The van der Waals surface area contributed by atoms with E-state index in [-0.39, 0.29) is 11.9 Å². The third kappa shape index (κ3) is 5.19. The van der Waals surface area contributed by atoms with Gasteiger partial charge >= 0.3 is 0 Å². The Morgan fingerprint density at radius 1 is 1.39 bits per heavy atom. The lowest BCUT2D eigenvalue weighted by Crippen LogP contribution is -2.41. The van der Waals surface area contributed by atoms with Crippen LogP contribution in [0.1, 0.15) is 30.5 Å². The Morgan fingerprint density at radius 2 is 2.06 bits per heavy atom. The number of nitrogens with zero attached hydrogens (tertiary/aromatic N) is 1. The molecule has 0 unspecified atom stereocenters. The summed E-state index contributed by atoms with van der Waals surface area (Å²) in [5, 5.41) is 3.06. The van der Waals surface area contributed by atoms with Gasteiger partial charge in [-0.15, -0.1) is 11.3 Å². The molecule has 3 nitrogen and oxygen atoms in total. The van der Waals surface area contributed by atoms with Crippen LogP contribution in [0.25, 0.3) is 0 Å². The average Bonchev–Trinajstić information content (AvgIpc) is 2.71. The Hall–Kier alpha value is -0.870. The van der Waals surface area contributed by atoms with E-state index >= 15 is 0 Å². The zero-order chi connectivity index (χ0) is 13.5. The fourth-order valence-electron chi connectivity index (χ4n) is 1.92. The maximum absolute atomic E-state index is 11.8. The number of thiophene rings is 1. The van der Waals surface area contributed by atoms with Gasteiger partial charge in [0, 0.05) is 22.2 Å². The molecular formula is C14H24N2OS. The highest BCUT2D eigenvalue weighted by Gasteiger charge is 2.11. The van der Waals surface area contributed by atoms with Gasteiger partial charge in [0.25, 0.3) is 0 Å². The van der Waals surface area contributed by atoms with Crippen LogP contribution in [0.3, 0.4) is 0 Å². The van der Waals surface area contributed by atoms with Crippen molar-refractivity contribution in [1.29, 1.82) is 0 Å². The topological polar surface area (TPSA) is 32.3 Å². The van der Waals surface area contributed by atoms with E-state index in [4.69, 9.17) is 0 Å². The van der Waals surface area contributed by atoms with Crippen molar-refractivity contribution in [2.24, 2.45) is 0 Å². The molecule has 0 fully saturated rings. The fourth-order valence-corrected chi connectivity index (χ4v) is 2.94. The summed E-state index contributed by atoms with van der Waals surface area (Å²) in [6.45, 7) is 10.7. The lowest BCUT2D eigenvalue weighted by Gasteiger charge is -2.19. The standard InChI is InChI=1S/C14H24N2OS/c1-5-16(6-2)10-14(17)15-11(3)9-13-8-7-12(4)18-13/h7-8,11H,5-6,9-10H2,1-4H3,(H,15,17)/t11-/m0/s1. The van der Waals surface area contributed by atoms with Crippen LogP contribution in [0, 0.1) is 6.92 Å². The molecule has 1 amide bonds. The average molecular weight is 268 g/mol.